The minimum Gasteiger partial charge on any atom is -0.337 e. The topological polar surface area (TPSA) is 114 Å². The van der Waals surface area contributed by atoms with E-state index in [9.17, 15) is 31.9 Å². The molecule has 1 aliphatic rings. The zero-order valence-corrected chi connectivity index (χ0v) is 27.2. The second-order valence-electron chi connectivity index (χ2n) is 13.2. The molecule has 1 atom stereocenters. The van der Waals surface area contributed by atoms with Crippen LogP contribution in [0, 0.1) is 32.0 Å². The summed E-state index contributed by atoms with van der Waals surface area (Å²) >= 11 is 0. The van der Waals surface area contributed by atoms with Gasteiger partial charge in [-0.1, -0.05) is 13.8 Å². The number of nitrogens with one attached hydrogen (secondary N) is 1. The van der Waals surface area contributed by atoms with Crippen molar-refractivity contribution in [3.63, 3.8) is 0 Å². The molecule has 0 bridgehead atoms. The van der Waals surface area contributed by atoms with E-state index in [1.165, 1.54) is 18.7 Å². The van der Waals surface area contributed by atoms with E-state index in [4.69, 9.17) is 0 Å². The fourth-order valence-electron chi connectivity index (χ4n) is 6.48. The van der Waals surface area contributed by atoms with Gasteiger partial charge in [0.25, 0.3) is 0 Å². The Morgan fingerprint density at radius 1 is 1.02 bits per heavy atom. The first-order valence-electron chi connectivity index (χ1n) is 15.2. The molecule has 5 aromatic rings. The number of carbonyl (C=O) groups is 3. The Morgan fingerprint density at radius 3 is 2.44 bits per heavy atom. The maximum Gasteiger partial charge on any atom is 0.436 e. The number of aromatic nitrogens is 5. The molecule has 0 radical (unpaired) electrons. The molecule has 1 aliphatic heterocycles. The summed E-state index contributed by atoms with van der Waals surface area (Å²) < 4.78 is 57.4. The van der Waals surface area contributed by atoms with Gasteiger partial charge in [-0.2, -0.15) is 18.3 Å². The Hall–Kier alpha value is -5.14. The van der Waals surface area contributed by atoms with Gasteiger partial charge >= 0.3 is 6.18 Å². The third kappa shape index (κ3) is 6.02. The van der Waals surface area contributed by atoms with Crippen LogP contribution in [0.5, 0.6) is 0 Å². The van der Waals surface area contributed by atoms with Crippen molar-refractivity contribution in [2.24, 2.45) is 5.41 Å². The highest BCUT2D eigenvalue weighted by Gasteiger charge is 2.44. The first kappa shape index (κ1) is 32.8. The van der Waals surface area contributed by atoms with Gasteiger partial charge in [0.2, 0.25) is 11.8 Å². The highest BCUT2D eigenvalue weighted by molar-refractivity contribution is 6.09. The smallest absolute Gasteiger partial charge is 0.337 e. The van der Waals surface area contributed by atoms with Crippen LogP contribution in [-0.4, -0.2) is 59.2 Å². The summed E-state index contributed by atoms with van der Waals surface area (Å²) in [5, 5.41) is 7.49. The molecule has 14 heteroatoms. The Kier molecular flexibility index (Phi) is 7.87. The van der Waals surface area contributed by atoms with E-state index in [0.29, 0.717) is 28.2 Å². The summed E-state index contributed by atoms with van der Waals surface area (Å²) in [6.07, 6.45) is 0.393. The zero-order chi connectivity index (χ0) is 34.9. The quantitative estimate of drug-likeness (QED) is 0.169. The van der Waals surface area contributed by atoms with Crippen LogP contribution in [0.4, 0.5) is 23.4 Å². The molecular formula is C34H33F4N7O3. The molecule has 4 aromatic heterocycles. The zero-order valence-electron chi connectivity index (χ0n) is 27.2. The van der Waals surface area contributed by atoms with Crippen molar-refractivity contribution in [1.29, 1.82) is 0 Å². The molecule has 250 valence electrons. The molecule has 10 nitrogen and oxygen atoms in total. The van der Waals surface area contributed by atoms with Crippen LogP contribution in [0.25, 0.3) is 27.7 Å². The number of pyridine rings is 1. The SMILES string of the molecule is CC(=O)c1cn(CC(=O)N2CC(C)(C)C[C@H]2C(=O)Nc2nc(C(F)(F)F)c(F)cc2C)c2c(C)cc(-c3cnc4cc(C)nn4c3)cc12. The number of rotatable bonds is 6. The molecule has 1 aromatic carbocycles. The van der Waals surface area contributed by atoms with Gasteiger partial charge in [-0.15, -0.1) is 0 Å². The third-order valence-corrected chi connectivity index (χ3v) is 8.64. The van der Waals surface area contributed by atoms with E-state index >= 15 is 0 Å². The van der Waals surface area contributed by atoms with Gasteiger partial charge in [-0.05, 0) is 74.4 Å². The average Bonchev–Trinajstić information content (AvgIpc) is 3.65. The van der Waals surface area contributed by atoms with Crippen molar-refractivity contribution in [2.75, 3.05) is 11.9 Å². The molecule has 1 N–H and O–H groups in total. The summed E-state index contributed by atoms with van der Waals surface area (Å²) in [6, 6.07) is 5.32. The number of benzene rings is 1. The lowest BCUT2D eigenvalue weighted by molar-refractivity contribution is -0.143. The maximum absolute atomic E-state index is 14.0. The minimum absolute atomic E-state index is 0.00448. The molecule has 0 unspecified atom stereocenters. The molecule has 0 aliphatic carbocycles. The van der Waals surface area contributed by atoms with E-state index in [2.05, 4.69) is 20.4 Å². The number of likely N-dealkylation sites (tertiary alicyclic amines) is 1. The Labute approximate surface area is 272 Å². The minimum atomic E-state index is -5.06. The van der Waals surface area contributed by atoms with Gasteiger partial charge < -0.3 is 14.8 Å². The fourth-order valence-corrected chi connectivity index (χ4v) is 6.48. The Balaban J connectivity index is 1.31. The van der Waals surface area contributed by atoms with Crippen LogP contribution in [0.15, 0.2) is 42.9 Å². The second-order valence-corrected chi connectivity index (χ2v) is 13.2. The normalized spacial score (nSPS) is 16.2. The van der Waals surface area contributed by atoms with Crippen molar-refractivity contribution in [2.45, 2.75) is 66.7 Å². The predicted octanol–water partition coefficient (Wildman–Crippen LogP) is 6.30. The van der Waals surface area contributed by atoms with Gasteiger partial charge in [-0.3, -0.25) is 14.4 Å². The van der Waals surface area contributed by atoms with Crippen LogP contribution in [0.1, 0.15) is 60.1 Å². The standard InChI is InChI=1S/C34H33F4N7O3/c1-17-7-21(22-12-39-27-9-19(3)42-45(27)13-22)10-23-24(20(4)46)14-43(29(17)23)15-28(47)44-16-33(5,6)11-26(44)32(48)41-31-18(2)8-25(35)30(40-31)34(36,37)38/h7-10,12-14,26H,11,15-16H2,1-6H3,(H,40,41,48)/t26-/m0/s1. The average molecular weight is 664 g/mol. The highest BCUT2D eigenvalue weighted by atomic mass is 19.4. The number of fused-ring (bicyclic) bond motifs is 2. The highest BCUT2D eigenvalue weighted by Crippen LogP contribution is 2.37. The van der Waals surface area contributed by atoms with Crippen LogP contribution in [0.3, 0.4) is 0 Å². The van der Waals surface area contributed by atoms with E-state index < -0.39 is 46.8 Å². The number of hydrogen-bond acceptors (Lipinski definition) is 6. The lowest BCUT2D eigenvalue weighted by Gasteiger charge is -2.25. The van der Waals surface area contributed by atoms with Crippen LogP contribution >= 0.6 is 0 Å². The van der Waals surface area contributed by atoms with E-state index in [0.717, 1.165) is 22.4 Å². The first-order chi connectivity index (χ1) is 22.4. The van der Waals surface area contributed by atoms with E-state index in [1.807, 2.05) is 52.1 Å². The van der Waals surface area contributed by atoms with Crippen molar-refractivity contribution in [3.8, 4) is 11.1 Å². The van der Waals surface area contributed by atoms with Gasteiger partial charge in [0.1, 0.15) is 18.4 Å². The number of aryl methyl sites for hydroxylation is 3. The number of nitrogens with zero attached hydrogens (tertiary/aromatic N) is 6. The predicted molar refractivity (Wildman–Crippen MR) is 170 cm³/mol. The monoisotopic (exact) mass is 663 g/mol. The van der Waals surface area contributed by atoms with Crippen molar-refractivity contribution >= 4 is 40.0 Å². The largest absolute Gasteiger partial charge is 0.436 e. The molecule has 6 rings (SSSR count). The number of amides is 2. The summed E-state index contributed by atoms with van der Waals surface area (Å²) in [5.74, 6) is -3.32. The molecule has 5 heterocycles. The van der Waals surface area contributed by atoms with Gasteiger partial charge in [0.05, 0.1) is 11.2 Å². The Bertz CT molecular complexity index is 2150. The van der Waals surface area contributed by atoms with E-state index in [1.54, 1.807) is 21.5 Å². The van der Waals surface area contributed by atoms with Crippen molar-refractivity contribution < 1.29 is 31.9 Å². The van der Waals surface area contributed by atoms with Crippen LogP contribution in [-0.2, 0) is 22.3 Å². The molecule has 1 saturated heterocycles. The number of hydrogen-bond donors (Lipinski definition) is 1. The molecule has 1 fully saturated rings. The lowest BCUT2D eigenvalue weighted by Crippen LogP contribution is -2.44. The number of anilines is 1. The van der Waals surface area contributed by atoms with Crippen molar-refractivity contribution in [3.05, 3.63) is 76.8 Å². The number of alkyl halides is 3. The van der Waals surface area contributed by atoms with Crippen LogP contribution in [0.2, 0.25) is 0 Å². The number of Topliss-reactive ketones (excluding diaryl/α,β-unsaturated/α-hetero) is 1. The third-order valence-electron chi connectivity index (χ3n) is 8.64. The molecule has 48 heavy (non-hydrogen) atoms. The maximum atomic E-state index is 14.0. The summed E-state index contributed by atoms with van der Waals surface area (Å²) in [7, 11) is 0. The van der Waals surface area contributed by atoms with Gasteiger partial charge in [-0.25, -0.2) is 18.9 Å². The Morgan fingerprint density at radius 2 is 1.75 bits per heavy atom. The van der Waals surface area contributed by atoms with Gasteiger partial charge in [0, 0.05) is 47.7 Å². The molecule has 0 saturated carbocycles. The second kappa shape index (κ2) is 11.5. The first-order valence-corrected chi connectivity index (χ1v) is 15.2. The summed E-state index contributed by atoms with van der Waals surface area (Å²) in [4.78, 5) is 49.5. The van der Waals surface area contributed by atoms with Crippen molar-refractivity contribution in [1.82, 2.24) is 29.0 Å². The molecule has 0 spiro atoms. The molecule has 2 amide bonds. The summed E-state index contributed by atoms with van der Waals surface area (Å²) in [5.41, 5.74) is 2.79. The van der Waals surface area contributed by atoms with E-state index in [-0.39, 0.29) is 30.9 Å². The number of halogens is 4. The lowest BCUT2D eigenvalue weighted by atomic mass is 9.90. The van der Waals surface area contributed by atoms with Gasteiger partial charge in [0.15, 0.2) is 22.9 Å². The number of ketones is 1. The number of carbonyl (C=O) groups excluding carboxylic acids is 3. The molecular weight excluding hydrogens is 630 g/mol. The summed E-state index contributed by atoms with van der Waals surface area (Å²) in [6.45, 7) is 10.3. The van der Waals surface area contributed by atoms with Crippen LogP contribution < -0.4 is 5.32 Å². The fraction of sp³-hybridized carbons (Fsp3) is 0.353.